The fraction of sp³-hybridized carbons (Fsp3) is 0.200. The number of anilines is 3. The van der Waals surface area contributed by atoms with Crippen LogP contribution in [0.4, 0.5) is 22.7 Å². The van der Waals surface area contributed by atoms with Crippen molar-refractivity contribution in [3.63, 3.8) is 0 Å². The number of nitro groups is 1. The first-order valence-corrected chi connectivity index (χ1v) is 11.8. The molecule has 2 aliphatic heterocycles. The molecule has 1 fully saturated rings. The molecule has 5 rings (SSSR count). The van der Waals surface area contributed by atoms with E-state index in [0.29, 0.717) is 43.4 Å². The van der Waals surface area contributed by atoms with Crippen molar-refractivity contribution in [2.24, 2.45) is 0 Å². The zero-order valence-electron chi connectivity index (χ0n) is 18.6. The van der Waals surface area contributed by atoms with Gasteiger partial charge < -0.3 is 14.4 Å². The molecule has 0 aromatic heterocycles. The van der Waals surface area contributed by atoms with E-state index in [4.69, 9.17) is 9.47 Å². The maximum Gasteiger partial charge on any atom is 0.338 e. The van der Waals surface area contributed by atoms with Crippen LogP contribution >= 0.6 is 11.8 Å². The van der Waals surface area contributed by atoms with E-state index in [1.807, 2.05) is 53.4 Å². The highest BCUT2D eigenvalue weighted by atomic mass is 32.2. The Morgan fingerprint density at radius 1 is 0.943 bits per heavy atom. The van der Waals surface area contributed by atoms with Crippen molar-refractivity contribution >= 4 is 46.4 Å². The molecule has 3 aromatic rings. The number of carbonyl (C=O) groups is 2. The van der Waals surface area contributed by atoms with Crippen molar-refractivity contribution in [2.45, 2.75) is 9.79 Å². The third-order valence-corrected chi connectivity index (χ3v) is 6.90. The van der Waals surface area contributed by atoms with E-state index in [2.05, 4.69) is 0 Å². The van der Waals surface area contributed by atoms with E-state index in [0.717, 1.165) is 9.79 Å². The third kappa shape index (κ3) is 4.58. The number of esters is 1. The predicted molar refractivity (Wildman–Crippen MR) is 131 cm³/mol. The third-order valence-electron chi connectivity index (χ3n) is 5.77. The standard InChI is InChI=1S/C25H21N3O6S/c29-24(27-19-5-1-3-7-22(19)35-23-8-4-2-6-20(23)27)16-34-25(30)17-9-10-18(21(15-17)28(31)32)26-11-13-33-14-12-26/h1-10,15H,11-14,16H2. The van der Waals surface area contributed by atoms with Crippen molar-refractivity contribution in [1.29, 1.82) is 0 Å². The highest BCUT2D eigenvalue weighted by molar-refractivity contribution is 7.99. The molecule has 1 saturated heterocycles. The van der Waals surface area contributed by atoms with Crippen LogP contribution in [-0.2, 0) is 14.3 Å². The van der Waals surface area contributed by atoms with Crippen LogP contribution in [0.2, 0.25) is 0 Å². The molecule has 0 saturated carbocycles. The fourth-order valence-corrected chi connectivity index (χ4v) is 5.17. The minimum Gasteiger partial charge on any atom is -0.452 e. The molecule has 0 unspecified atom stereocenters. The molecule has 0 atom stereocenters. The molecule has 3 aromatic carbocycles. The van der Waals surface area contributed by atoms with Crippen LogP contribution in [0.25, 0.3) is 0 Å². The monoisotopic (exact) mass is 491 g/mol. The van der Waals surface area contributed by atoms with E-state index in [-0.39, 0.29) is 11.3 Å². The Morgan fingerprint density at radius 2 is 1.57 bits per heavy atom. The van der Waals surface area contributed by atoms with Gasteiger partial charge in [-0.05, 0) is 36.4 Å². The van der Waals surface area contributed by atoms with Gasteiger partial charge in [0.05, 0.1) is 35.1 Å². The molecule has 0 spiro atoms. The Kier molecular flexibility index (Phi) is 6.39. The number of para-hydroxylation sites is 2. The van der Waals surface area contributed by atoms with Crippen LogP contribution in [0.15, 0.2) is 76.5 Å². The van der Waals surface area contributed by atoms with Crippen molar-refractivity contribution < 1.29 is 24.0 Å². The highest BCUT2D eigenvalue weighted by Gasteiger charge is 2.29. The molecule has 9 nitrogen and oxygen atoms in total. The summed E-state index contributed by atoms with van der Waals surface area (Å²) >= 11 is 1.56. The number of hydrogen-bond acceptors (Lipinski definition) is 8. The summed E-state index contributed by atoms with van der Waals surface area (Å²) < 4.78 is 10.6. The molecule has 0 N–H and O–H groups in total. The topological polar surface area (TPSA) is 102 Å². The van der Waals surface area contributed by atoms with Crippen LogP contribution in [-0.4, -0.2) is 49.7 Å². The second-order valence-electron chi connectivity index (χ2n) is 7.90. The Labute approximate surface area is 205 Å². The van der Waals surface area contributed by atoms with E-state index in [1.165, 1.54) is 18.2 Å². The summed E-state index contributed by atoms with van der Waals surface area (Å²) in [4.78, 5) is 42.3. The Morgan fingerprint density at radius 3 is 2.20 bits per heavy atom. The number of ether oxygens (including phenoxy) is 2. The van der Waals surface area contributed by atoms with Gasteiger partial charge in [0.2, 0.25) is 0 Å². The second-order valence-corrected chi connectivity index (χ2v) is 8.99. The number of benzene rings is 3. The van der Waals surface area contributed by atoms with Gasteiger partial charge in [0, 0.05) is 28.9 Å². The predicted octanol–water partition coefficient (Wildman–Crippen LogP) is 4.42. The minimum absolute atomic E-state index is 0.0107. The van der Waals surface area contributed by atoms with Crippen molar-refractivity contribution in [3.05, 3.63) is 82.4 Å². The lowest BCUT2D eigenvalue weighted by Gasteiger charge is -2.30. The van der Waals surface area contributed by atoms with Gasteiger partial charge >= 0.3 is 5.97 Å². The van der Waals surface area contributed by atoms with Crippen molar-refractivity contribution in [1.82, 2.24) is 0 Å². The average molecular weight is 492 g/mol. The fourth-order valence-electron chi connectivity index (χ4n) is 4.12. The summed E-state index contributed by atoms with van der Waals surface area (Å²) in [7, 11) is 0. The first kappa shape index (κ1) is 22.9. The van der Waals surface area contributed by atoms with Gasteiger partial charge in [0.25, 0.3) is 11.6 Å². The second kappa shape index (κ2) is 9.77. The SMILES string of the molecule is O=C(OCC(=O)N1c2ccccc2Sc2ccccc21)c1ccc(N2CCOCC2)c([N+](=O)[O-])c1. The summed E-state index contributed by atoms with van der Waals surface area (Å²) in [6.45, 7) is 1.49. The van der Waals surface area contributed by atoms with Crippen LogP contribution < -0.4 is 9.80 Å². The number of amides is 1. The van der Waals surface area contributed by atoms with Gasteiger partial charge in [-0.3, -0.25) is 19.8 Å². The van der Waals surface area contributed by atoms with Gasteiger partial charge in [-0.1, -0.05) is 36.0 Å². The normalized spacial score (nSPS) is 14.6. The first-order chi connectivity index (χ1) is 17.0. The van der Waals surface area contributed by atoms with Crippen molar-refractivity contribution in [3.8, 4) is 0 Å². The lowest BCUT2D eigenvalue weighted by molar-refractivity contribution is -0.384. The number of hydrogen-bond donors (Lipinski definition) is 0. The van der Waals surface area contributed by atoms with Gasteiger partial charge in [0.1, 0.15) is 5.69 Å². The minimum atomic E-state index is -0.803. The number of nitro benzene ring substituents is 1. The number of morpholine rings is 1. The summed E-state index contributed by atoms with van der Waals surface area (Å²) in [5, 5.41) is 11.7. The summed E-state index contributed by atoms with van der Waals surface area (Å²) in [6.07, 6.45) is 0. The Balaban J connectivity index is 1.34. The largest absolute Gasteiger partial charge is 0.452 e. The molecule has 0 radical (unpaired) electrons. The number of fused-ring (bicyclic) bond motifs is 2. The number of rotatable bonds is 5. The van der Waals surface area contributed by atoms with Crippen LogP contribution in [0.1, 0.15) is 10.4 Å². The molecule has 2 heterocycles. The van der Waals surface area contributed by atoms with E-state index in [1.54, 1.807) is 16.7 Å². The lowest BCUT2D eigenvalue weighted by Crippen LogP contribution is -2.36. The lowest BCUT2D eigenvalue weighted by atomic mass is 10.1. The molecular formula is C25H21N3O6S. The van der Waals surface area contributed by atoms with E-state index < -0.39 is 23.4 Å². The maximum atomic E-state index is 13.2. The van der Waals surface area contributed by atoms with Crippen molar-refractivity contribution in [2.75, 3.05) is 42.7 Å². The zero-order chi connectivity index (χ0) is 24.4. The molecule has 10 heteroatoms. The molecule has 2 aliphatic rings. The Bertz CT molecular complexity index is 1260. The van der Waals surface area contributed by atoms with Gasteiger partial charge in [-0.15, -0.1) is 0 Å². The number of nitrogens with zero attached hydrogens (tertiary/aromatic N) is 3. The molecular weight excluding hydrogens is 470 g/mol. The summed E-state index contributed by atoms with van der Waals surface area (Å²) in [5.41, 5.74) is 1.66. The number of carbonyl (C=O) groups excluding carboxylic acids is 2. The van der Waals surface area contributed by atoms with E-state index in [9.17, 15) is 19.7 Å². The molecule has 0 aliphatic carbocycles. The smallest absolute Gasteiger partial charge is 0.338 e. The quantitative estimate of drug-likeness (QED) is 0.294. The summed E-state index contributed by atoms with van der Waals surface area (Å²) in [6, 6.07) is 19.2. The van der Waals surface area contributed by atoms with Crippen LogP contribution in [0.3, 0.4) is 0 Å². The molecule has 0 bridgehead atoms. The van der Waals surface area contributed by atoms with Crippen LogP contribution in [0, 0.1) is 10.1 Å². The maximum absolute atomic E-state index is 13.2. The van der Waals surface area contributed by atoms with Crippen LogP contribution in [0.5, 0.6) is 0 Å². The first-order valence-electron chi connectivity index (χ1n) is 11.0. The average Bonchev–Trinajstić information content (AvgIpc) is 2.90. The van der Waals surface area contributed by atoms with Gasteiger partial charge in [0.15, 0.2) is 6.61 Å². The van der Waals surface area contributed by atoms with E-state index >= 15 is 0 Å². The van der Waals surface area contributed by atoms with Gasteiger partial charge in [-0.25, -0.2) is 4.79 Å². The molecule has 35 heavy (non-hydrogen) atoms. The Hall–Kier alpha value is -3.89. The zero-order valence-corrected chi connectivity index (χ0v) is 19.4. The highest BCUT2D eigenvalue weighted by Crippen LogP contribution is 2.47. The molecule has 178 valence electrons. The molecule has 1 amide bonds. The van der Waals surface area contributed by atoms with Gasteiger partial charge in [-0.2, -0.15) is 0 Å². The summed E-state index contributed by atoms with van der Waals surface area (Å²) in [5.74, 6) is -1.22.